The van der Waals surface area contributed by atoms with Crippen molar-refractivity contribution in [1.82, 2.24) is 14.8 Å². The van der Waals surface area contributed by atoms with Crippen LogP contribution in [-0.2, 0) is 6.42 Å². The van der Waals surface area contributed by atoms with Crippen LogP contribution in [-0.4, -0.2) is 21.3 Å². The standard InChI is InChI=1S/C16H13ClN4/c17-12-1-3-13(4-2-12)21-16-14(7-10-19-16)15(20-21)11-5-8-18-9-6-11/h1-6,8-9,19H,7,10H2. The molecular weight excluding hydrogens is 284 g/mol. The van der Waals surface area contributed by atoms with Crippen molar-refractivity contribution >= 4 is 17.4 Å². The van der Waals surface area contributed by atoms with Gasteiger partial charge in [-0.2, -0.15) is 5.10 Å². The van der Waals surface area contributed by atoms with Crippen molar-refractivity contribution in [3.05, 3.63) is 59.4 Å². The number of hydrogen-bond donors (Lipinski definition) is 1. The number of nitrogens with zero attached hydrogens (tertiary/aromatic N) is 3. The van der Waals surface area contributed by atoms with Crippen LogP contribution >= 0.6 is 11.6 Å². The van der Waals surface area contributed by atoms with E-state index >= 15 is 0 Å². The molecule has 3 heterocycles. The number of anilines is 1. The van der Waals surface area contributed by atoms with Gasteiger partial charge in [0.15, 0.2) is 0 Å². The normalized spacial score (nSPS) is 13.0. The lowest BCUT2D eigenvalue weighted by molar-refractivity contribution is 0.882. The first kappa shape index (κ1) is 12.4. The van der Waals surface area contributed by atoms with E-state index in [9.17, 15) is 0 Å². The average Bonchev–Trinajstić information content (AvgIpc) is 3.11. The van der Waals surface area contributed by atoms with Crippen LogP contribution in [0.2, 0.25) is 5.02 Å². The van der Waals surface area contributed by atoms with Gasteiger partial charge in [0.25, 0.3) is 0 Å². The van der Waals surface area contributed by atoms with Crippen LogP contribution < -0.4 is 5.32 Å². The Morgan fingerprint density at radius 2 is 1.81 bits per heavy atom. The van der Waals surface area contributed by atoms with Crippen molar-refractivity contribution in [2.45, 2.75) is 6.42 Å². The minimum atomic E-state index is 0.727. The molecular formula is C16H13ClN4. The van der Waals surface area contributed by atoms with Crippen LogP contribution in [0.4, 0.5) is 5.82 Å². The van der Waals surface area contributed by atoms with E-state index in [1.807, 2.05) is 41.1 Å². The number of rotatable bonds is 2. The van der Waals surface area contributed by atoms with E-state index in [0.717, 1.165) is 40.8 Å². The Hall–Kier alpha value is -2.33. The third kappa shape index (κ3) is 2.08. The number of halogens is 1. The van der Waals surface area contributed by atoms with Gasteiger partial charge in [0.05, 0.1) is 11.4 Å². The summed E-state index contributed by atoms with van der Waals surface area (Å²) >= 11 is 5.97. The molecule has 1 aliphatic rings. The van der Waals surface area contributed by atoms with E-state index in [1.165, 1.54) is 5.56 Å². The minimum absolute atomic E-state index is 0.727. The van der Waals surface area contributed by atoms with Gasteiger partial charge in [-0.3, -0.25) is 4.98 Å². The van der Waals surface area contributed by atoms with Crippen molar-refractivity contribution in [2.75, 3.05) is 11.9 Å². The molecule has 104 valence electrons. The zero-order chi connectivity index (χ0) is 14.2. The van der Waals surface area contributed by atoms with Gasteiger partial charge in [0.1, 0.15) is 5.82 Å². The average molecular weight is 297 g/mol. The summed E-state index contributed by atoms with van der Waals surface area (Å²) in [6.07, 6.45) is 4.58. The summed E-state index contributed by atoms with van der Waals surface area (Å²) in [5, 5.41) is 8.94. The molecule has 1 N–H and O–H groups in total. The predicted octanol–water partition coefficient (Wildman–Crippen LogP) is 3.56. The molecule has 0 radical (unpaired) electrons. The fourth-order valence-corrected chi connectivity index (χ4v) is 2.81. The van der Waals surface area contributed by atoms with Gasteiger partial charge in [0, 0.05) is 35.1 Å². The molecule has 0 saturated heterocycles. The van der Waals surface area contributed by atoms with E-state index in [2.05, 4.69) is 10.3 Å². The Balaban J connectivity index is 1.88. The highest BCUT2D eigenvalue weighted by Gasteiger charge is 2.23. The maximum Gasteiger partial charge on any atom is 0.133 e. The predicted molar refractivity (Wildman–Crippen MR) is 84.0 cm³/mol. The number of pyridine rings is 1. The van der Waals surface area contributed by atoms with Crippen molar-refractivity contribution in [2.24, 2.45) is 0 Å². The monoisotopic (exact) mass is 296 g/mol. The lowest BCUT2D eigenvalue weighted by Gasteiger charge is -2.06. The molecule has 0 bridgehead atoms. The van der Waals surface area contributed by atoms with Gasteiger partial charge in [-0.25, -0.2) is 4.68 Å². The third-order valence-electron chi connectivity index (χ3n) is 3.68. The van der Waals surface area contributed by atoms with Crippen molar-refractivity contribution < 1.29 is 0 Å². The number of hydrogen-bond acceptors (Lipinski definition) is 3. The van der Waals surface area contributed by atoms with E-state index in [1.54, 1.807) is 12.4 Å². The molecule has 21 heavy (non-hydrogen) atoms. The molecule has 1 aromatic carbocycles. The third-order valence-corrected chi connectivity index (χ3v) is 3.93. The first-order valence-electron chi connectivity index (χ1n) is 6.85. The molecule has 5 heteroatoms. The van der Waals surface area contributed by atoms with Gasteiger partial charge < -0.3 is 5.32 Å². The summed E-state index contributed by atoms with van der Waals surface area (Å²) in [6, 6.07) is 11.7. The first-order chi connectivity index (χ1) is 10.3. The SMILES string of the molecule is Clc1ccc(-n2nc(-c3ccncc3)c3c2NCC3)cc1. The van der Waals surface area contributed by atoms with E-state index in [4.69, 9.17) is 16.7 Å². The number of benzene rings is 1. The number of aromatic nitrogens is 3. The molecule has 0 fully saturated rings. The van der Waals surface area contributed by atoms with Gasteiger partial charge in [-0.1, -0.05) is 11.6 Å². The maximum absolute atomic E-state index is 5.97. The Morgan fingerprint density at radius 1 is 1.05 bits per heavy atom. The Bertz CT molecular complexity index is 778. The molecule has 4 nitrogen and oxygen atoms in total. The summed E-state index contributed by atoms with van der Waals surface area (Å²) in [5.41, 5.74) is 4.38. The van der Waals surface area contributed by atoms with E-state index < -0.39 is 0 Å². The molecule has 3 aromatic rings. The van der Waals surface area contributed by atoms with Crippen molar-refractivity contribution in [1.29, 1.82) is 0 Å². The molecule has 0 aliphatic carbocycles. The van der Waals surface area contributed by atoms with Gasteiger partial charge in [0.2, 0.25) is 0 Å². The summed E-state index contributed by atoms with van der Waals surface area (Å²) in [4.78, 5) is 4.07. The highest BCUT2D eigenvalue weighted by atomic mass is 35.5. The Labute approximate surface area is 127 Å². The topological polar surface area (TPSA) is 42.7 Å². The Morgan fingerprint density at radius 3 is 2.57 bits per heavy atom. The van der Waals surface area contributed by atoms with Crippen LogP contribution in [0.5, 0.6) is 0 Å². The first-order valence-corrected chi connectivity index (χ1v) is 7.23. The molecule has 4 rings (SSSR count). The highest BCUT2D eigenvalue weighted by molar-refractivity contribution is 6.30. The number of fused-ring (bicyclic) bond motifs is 1. The summed E-state index contributed by atoms with van der Waals surface area (Å²) < 4.78 is 1.95. The zero-order valence-electron chi connectivity index (χ0n) is 11.3. The fraction of sp³-hybridized carbons (Fsp3) is 0.125. The highest BCUT2D eigenvalue weighted by Crippen LogP contribution is 2.34. The van der Waals surface area contributed by atoms with E-state index in [-0.39, 0.29) is 0 Å². The van der Waals surface area contributed by atoms with Crippen LogP contribution in [0, 0.1) is 0 Å². The lowest BCUT2D eigenvalue weighted by atomic mass is 10.1. The van der Waals surface area contributed by atoms with Crippen molar-refractivity contribution in [3.63, 3.8) is 0 Å². The molecule has 0 atom stereocenters. The Kier molecular flexibility index (Phi) is 2.89. The lowest BCUT2D eigenvalue weighted by Crippen LogP contribution is -2.04. The quantitative estimate of drug-likeness (QED) is 0.786. The van der Waals surface area contributed by atoms with Gasteiger partial charge >= 0.3 is 0 Å². The molecule has 0 saturated carbocycles. The largest absolute Gasteiger partial charge is 0.369 e. The van der Waals surface area contributed by atoms with E-state index in [0.29, 0.717) is 0 Å². The van der Waals surface area contributed by atoms with Gasteiger partial charge in [-0.15, -0.1) is 0 Å². The minimum Gasteiger partial charge on any atom is -0.369 e. The van der Waals surface area contributed by atoms with Crippen LogP contribution in [0.25, 0.3) is 16.9 Å². The zero-order valence-corrected chi connectivity index (χ0v) is 12.0. The molecule has 0 spiro atoms. The van der Waals surface area contributed by atoms with Crippen LogP contribution in [0.15, 0.2) is 48.8 Å². The molecule has 1 aliphatic heterocycles. The summed E-state index contributed by atoms with van der Waals surface area (Å²) in [6.45, 7) is 0.943. The summed E-state index contributed by atoms with van der Waals surface area (Å²) in [5.74, 6) is 1.07. The van der Waals surface area contributed by atoms with Gasteiger partial charge in [-0.05, 0) is 42.8 Å². The van der Waals surface area contributed by atoms with Crippen molar-refractivity contribution in [3.8, 4) is 16.9 Å². The van der Waals surface area contributed by atoms with Crippen LogP contribution in [0.3, 0.4) is 0 Å². The second-order valence-electron chi connectivity index (χ2n) is 4.98. The molecule has 0 unspecified atom stereocenters. The molecule has 0 amide bonds. The second-order valence-corrected chi connectivity index (χ2v) is 5.41. The number of nitrogens with one attached hydrogen (secondary N) is 1. The molecule has 2 aromatic heterocycles. The van der Waals surface area contributed by atoms with Crippen LogP contribution in [0.1, 0.15) is 5.56 Å². The smallest absolute Gasteiger partial charge is 0.133 e. The second kappa shape index (κ2) is 4.90. The maximum atomic E-state index is 5.97. The summed E-state index contributed by atoms with van der Waals surface area (Å²) in [7, 11) is 0. The fourth-order valence-electron chi connectivity index (χ4n) is 2.69.